The monoisotopic (exact) mass is 287 g/mol. The topological polar surface area (TPSA) is 46.9 Å². The number of aromatic nitrogens is 2. The summed E-state index contributed by atoms with van der Waals surface area (Å²) in [7, 11) is 0. The van der Waals surface area contributed by atoms with Crippen molar-refractivity contribution in [1.82, 2.24) is 14.9 Å². The first kappa shape index (κ1) is 14.4. The number of rotatable bonds is 2. The quantitative estimate of drug-likeness (QED) is 0.849. The molecule has 1 saturated heterocycles. The molecule has 1 atom stereocenters. The van der Waals surface area contributed by atoms with E-state index in [2.05, 4.69) is 34.9 Å². The second kappa shape index (κ2) is 6.04. The Hall–Kier alpha value is -1.58. The molecule has 1 aliphatic heterocycles. The van der Waals surface area contributed by atoms with E-state index < -0.39 is 0 Å². The lowest BCUT2D eigenvalue weighted by Crippen LogP contribution is -2.35. The highest BCUT2D eigenvalue weighted by Crippen LogP contribution is 2.32. The minimum absolute atomic E-state index is 0.0640. The van der Waals surface area contributed by atoms with Gasteiger partial charge in [-0.15, -0.1) is 0 Å². The lowest BCUT2D eigenvalue weighted by atomic mass is 9.87. The number of hydrogen-bond donors (Lipinski definition) is 1. The van der Waals surface area contributed by atoms with Gasteiger partial charge < -0.3 is 9.88 Å². The molecule has 4 nitrogen and oxygen atoms in total. The first-order chi connectivity index (χ1) is 10.1. The van der Waals surface area contributed by atoms with Gasteiger partial charge in [0, 0.05) is 24.4 Å². The fraction of sp³-hybridized carbons (Fsp3) is 0.647. The lowest BCUT2D eigenvalue weighted by molar-refractivity contribution is -0.118. The molecule has 0 aromatic carbocycles. The van der Waals surface area contributed by atoms with Crippen LogP contribution < -0.4 is 5.32 Å². The van der Waals surface area contributed by atoms with E-state index in [0.29, 0.717) is 12.0 Å². The predicted octanol–water partition coefficient (Wildman–Crippen LogP) is 3.17. The Morgan fingerprint density at radius 1 is 1.24 bits per heavy atom. The number of nitrogens with one attached hydrogen (secondary N) is 1. The summed E-state index contributed by atoms with van der Waals surface area (Å²) < 4.78 is 2.24. The van der Waals surface area contributed by atoms with E-state index in [1.165, 1.54) is 25.7 Å². The fourth-order valence-electron chi connectivity index (χ4n) is 3.39. The number of amides is 1. The molecule has 0 bridgehead atoms. The van der Waals surface area contributed by atoms with Gasteiger partial charge in [-0.05, 0) is 50.0 Å². The van der Waals surface area contributed by atoms with Crippen molar-refractivity contribution in [2.24, 2.45) is 11.8 Å². The van der Waals surface area contributed by atoms with Gasteiger partial charge in [0.05, 0.1) is 12.0 Å². The Kier molecular flexibility index (Phi) is 4.13. The molecule has 1 aromatic rings. The maximum Gasteiger partial charge on any atom is 0.247 e. The fourth-order valence-corrected chi connectivity index (χ4v) is 3.39. The minimum Gasteiger partial charge on any atom is -0.352 e. The standard InChI is InChI=1S/C17H25N3O/c1-12-3-5-16(6-4-12)20-10-15(19-11-20)8-14-7-13(2)9-18-17(14)21/h8,10-13,16H,3-7,9H2,1-2H3,(H,18,21)/b14-8+/t12-,13-,16-/m1/s1. The molecule has 0 spiro atoms. The average molecular weight is 287 g/mol. The van der Waals surface area contributed by atoms with E-state index in [9.17, 15) is 4.79 Å². The van der Waals surface area contributed by atoms with Crippen molar-refractivity contribution < 1.29 is 4.79 Å². The van der Waals surface area contributed by atoms with Crippen LogP contribution >= 0.6 is 0 Å². The van der Waals surface area contributed by atoms with Crippen LogP contribution in [0.1, 0.15) is 57.7 Å². The molecule has 2 heterocycles. The zero-order valence-corrected chi connectivity index (χ0v) is 13.0. The molecular weight excluding hydrogens is 262 g/mol. The highest BCUT2D eigenvalue weighted by atomic mass is 16.1. The summed E-state index contributed by atoms with van der Waals surface area (Å²) >= 11 is 0. The summed E-state index contributed by atoms with van der Waals surface area (Å²) in [5.74, 6) is 1.43. The summed E-state index contributed by atoms with van der Waals surface area (Å²) in [6.07, 6.45) is 11.9. The van der Waals surface area contributed by atoms with Gasteiger partial charge in [-0.2, -0.15) is 0 Å². The molecule has 1 aliphatic carbocycles. The van der Waals surface area contributed by atoms with Crippen LogP contribution in [-0.2, 0) is 4.79 Å². The van der Waals surface area contributed by atoms with Crippen LogP contribution in [0.4, 0.5) is 0 Å². The summed E-state index contributed by atoms with van der Waals surface area (Å²) in [5.41, 5.74) is 1.77. The lowest BCUT2D eigenvalue weighted by Gasteiger charge is -2.26. The van der Waals surface area contributed by atoms with Crippen molar-refractivity contribution in [3.8, 4) is 0 Å². The van der Waals surface area contributed by atoms with Gasteiger partial charge in [0.2, 0.25) is 5.91 Å². The zero-order chi connectivity index (χ0) is 14.8. The number of carbonyl (C=O) groups is 1. The molecule has 1 N–H and O–H groups in total. The van der Waals surface area contributed by atoms with Gasteiger partial charge in [0.25, 0.3) is 0 Å². The molecule has 3 rings (SSSR count). The van der Waals surface area contributed by atoms with Gasteiger partial charge in [-0.25, -0.2) is 4.98 Å². The maximum atomic E-state index is 11.9. The van der Waals surface area contributed by atoms with Gasteiger partial charge in [-0.3, -0.25) is 4.79 Å². The molecule has 4 heteroatoms. The van der Waals surface area contributed by atoms with E-state index in [-0.39, 0.29) is 5.91 Å². The van der Waals surface area contributed by atoms with Gasteiger partial charge >= 0.3 is 0 Å². The van der Waals surface area contributed by atoms with E-state index >= 15 is 0 Å². The molecular formula is C17H25N3O. The molecule has 1 saturated carbocycles. The Morgan fingerprint density at radius 2 is 2.00 bits per heavy atom. The molecule has 21 heavy (non-hydrogen) atoms. The van der Waals surface area contributed by atoms with Crippen LogP contribution in [-0.4, -0.2) is 22.0 Å². The Labute approximate surface area is 126 Å². The highest BCUT2D eigenvalue weighted by molar-refractivity contribution is 5.98. The highest BCUT2D eigenvalue weighted by Gasteiger charge is 2.21. The zero-order valence-electron chi connectivity index (χ0n) is 13.0. The Bertz CT molecular complexity index is 538. The normalized spacial score (nSPS) is 32.2. The van der Waals surface area contributed by atoms with E-state index in [4.69, 9.17) is 0 Å². The van der Waals surface area contributed by atoms with Crippen LogP contribution in [0, 0.1) is 11.8 Å². The van der Waals surface area contributed by atoms with Crippen LogP contribution in [0.5, 0.6) is 0 Å². The Morgan fingerprint density at radius 3 is 2.76 bits per heavy atom. The van der Waals surface area contributed by atoms with Crippen LogP contribution in [0.15, 0.2) is 18.1 Å². The SMILES string of the molecule is C[C@H]1CNC(=O)/C(=C/c2cn([C@H]3CC[C@H](C)CC3)cn2)C1. The van der Waals surface area contributed by atoms with Crippen molar-refractivity contribution in [3.63, 3.8) is 0 Å². The van der Waals surface area contributed by atoms with Gasteiger partial charge in [0.15, 0.2) is 0 Å². The average Bonchev–Trinajstić information content (AvgIpc) is 2.92. The summed E-state index contributed by atoms with van der Waals surface area (Å²) in [5, 5.41) is 2.94. The molecule has 2 fully saturated rings. The molecule has 114 valence electrons. The molecule has 2 aliphatic rings. The third-order valence-corrected chi connectivity index (χ3v) is 4.82. The predicted molar refractivity (Wildman–Crippen MR) is 83.7 cm³/mol. The first-order valence-electron chi connectivity index (χ1n) is 8.14. The smallest absolute Gasteiger partial charge is 0.247 e. The van der Waals surface area contributed by atoms with E-state index in [1.54, 1.807) is 0 Å². The van der Waals surface area contributed by atoms with Crippen molar-refractivity contribution in [3.05, 3.63) is 23.8 Å². The van der Waals surface area contributed by atoms with Gasteiger partial charge in [0.1, 0.15) is 0 Å². The molecule has 1 amide bonds. The number of hydrogen-bond acceptors (Lipinski definition) is 2. The number of nitrogens with zero attached hydrogens (tertiary/aromatic N) is 2. The van der Waals surface area contributed by atoms with Gasteiger partial charge in [-0.1, -0.05) is 13.8 Å². The third kappa shape index (κ3) is 3.36. The van der Waals surface area contributed by atoms with Crippen LogP contribution in [0.3, 0.4) is 0 Å². The molecule has 1 aromatic heterocycles. The first-order valence-corrected chi connectivity index (χ1v) is 8.14. The largest absolute Gasteiger partial charge is 0.352 e. The number of carbonyl (C=O) groups excluding carboxylic acids is 1. The van der Waals surface area contributed by atoms with Crippen molar-refractivity contribution in [1.29, 1.82) is 0 Å². The second-order valence-corrected chi connectivity index (χ2v) is 6.85. The Balaban J connectivity index is 1.71. The molecule has 0 unspecified atom stereocenters. The third-order valence-electron chi connectivity index (χ3n) is 4.82. The summed E-state index contributed by atoms with van der Waals surface area (Å²) in [6, 6.07) is 0.583. The number of imidazole rings is 1. The van der Waals surface area contributed by atoms with Crippen molar-refractivity contribution >= 4 is 12.0 Å². The summed E-state index contributed by atoms with van der Waals surface area (Å²) in [6.45, 7) is 5.28. The van der Waals surface area contributed by atoms with Crippen molar-refractivity contribution in [2.45, 2.75) is 52.0 Å². The number of piperidine rings is 1. The minimum atomic E-state index is 0.0640. The maximum absolute atomic E-state index is 11.9. The van der Waals surface area contributed by atoms with E-state index in [1.807, 2.05) is 12.4 Å². The van der Waals surface area contributed by atoms with Crippen LogP contribution in [0.25, 0.3) is 6.08 Å². The summed E-state index contributed by atoms with van der Waals surface area (Å²) in [4.78, 5) is 16.3. The molecule has 0 radical (unpaired) electrons. The van der Waals surface area contributed by atoms with Crippen LogP contribution in [0.2, 0.25) is 0 Å². The second-order valence-electron chi connectivity index (χ2n) is 6.85. The van der Waals surface area contributed by atoms with Crippen molar-refractivity contribution in [2.75, 3.05) is 6.54 Å². The van der Waals surface area contributed by atoms with E-state index in [0.717, 1.165) is 30.2 Å².